The maximum absolute atomic E-state index is 14.0. The third kappa shape index (κ3) is 4.35. The second kappa shape index (κ2) is 6.81. The molecule has 2 N–H and O–H groups in total. The highest BCUT2D eigenvalue weighted by Crippen LogP contribution is 2.16. The van der Waals surface area contributed by atoms with Crippen LogP contribution in [0.1, 0.15) is 38.3 Å². The Labute approximate surface area is 113 Å². The molecule has 1 unspecified atom stereocenters. The van der Waals surface area contributed by atoms with Gasteiger partial charge < -0.3 is 10.5 Å². The van der Waals surface area contributed by atoms with Crippen LogP contribution in [0.4, 0.5) is 4.39 Å². The Kier molecular flexibility index (Phi) is 5.69. The fourth-order valence-electron chi connectivity index (χ4n) is 1.85. The molecule has 1 atom stereocenters. The van der Waals surface area contributed by atoms with E-state index in [0.29, 0.717) is 11.5 Å². The van der Waals surface area contributed by atoms with E-state index in [9.17, 15) is 4.39 Å². The lowest BCUT2D eigenvalue weighted by molar-refractivity contribution is 0.0382. The summed E-state index contributed by atoms with van der Waals surface area (Å²) in [6.07, 6.45) is 1.06. The molecule has 1 aromatic carbocycles. The molecule has 0 radical (unpaired) electrons. The first kappa shape index (κ1) is 15.1. The number of hydrogen-bond acceptors (Lipinski definition) is 2. The monoisotopic (exact) mass is 269 g/mol. The van der Waals surface area contributed by atoms with Crippen LogP contribution in [0.25, 0.3) is 0 Å². The summed E-state index contributed by atoms with van der Waals surface area (Å²) in [5.74, 6) is 0.189. The minimum absolute atomic E-state index is 0.0737. The van der Waals surface area contributed by atoms with Crippen LogP contribution >= 0.6 is 12.2 Å². The zero-order chi connectivity index (χ0) is 13.7. The predicted octanol–water partition coefficient (Wildman–Crippen LogP) is 3.41. The van der Waals surface area contributed by atoms with Crippen molar-refractivity contribution in [3.63, 3.8) is 0 Å². The fraction of sp³-hybridized carbons (Fsp3) is 0.500. The van der Waals surface area contributed by atoms with E-state index in [2.05, 4.69) is 13.8 Å². The standard InChI is InChI=1S/C14H20FNOS/c1-9(2)7-10(3)17-8-11-5-4-6-12(13(11)15)14(16)18/h4-6,9-10H,7-8H2,1-3H3,(H2,16,18). The SMILES string of the molecule is CC(C)CC(C)OCc1cccc(C(N)=S)c1F. The van der Waals surface area contributed by atoms with Gasteiger partial charge in [-0.2, -0.15) is 0 Å². The van der Waals surface area contributed by atoms with Crippen molar-refractivity contribution in [2.75, 3.05) is 0 Å². The summed E-state index contributed by atoms with van der Waals surface area (Å²) < 4.78 is 19.6. The van der Waals surface area contributed by atoms with E-state index in [4.69, 9.17) is 22.7 Å². The zero-order valence-electron chi connectivity index (χ0n) is 11.1. The lowest BCUT2D eigenvalue weighted by atomic mass is 10.1. The van der Waals surface area contributed by atoms with Gasteiger partial charge in [-0.15, -0.1) is 0 Å². The lowest BCUT2D eigenvalue weighted by Gasteiger charge is -2.16. The number of thiocarbonyl (C=S) groups is 1. The van der Waals surface area contributed by atoms with Gasteiger partial charge in [0.15, 0.2) is 0 Å². The number of nitrogens with two attached hydrogens (primary N) is 1. The molecule has 1 rings (SSSR count). The molecule has 0 aromatic heterocycles. The Bertz CT molecular complexity index is 420. The predicted molar refractivity (Wildman–Crippen MR) is 76.0 cm³/mol. The van der Waals surface area contributed by atoms with Crippen molar-refractivity contribution >= 4 is 17.2 Å². The van der Waals surface area contributed by atoms with Crippen LogP contribution in [0.15, 0.2) is 18.2 Å². The van der Waals surface area contributed by atoms with Gasteiger partial charge in [-0.05, 0) is 25.3 Å². The van der Waals surface area contributed by atoms with Gasteiger partial charge in [-0.25, -0.2) is 4.39 Å². The van der Waals surface area contributed by atoms with Crippen molar-refractivity contribution in [1.82, 2.24) is 0 Å². The van der Waals surface area contributed by atoms with E-state index in [1.54, 1.807) is 18.2 Å². The van der Waals surface area contributed by atoms with E-state index >= 15 is 0 Å². The van der Waals surface area contributed by atoms with Crippen LogP contribution in [0.2, 0.25) is 0 Å². The van der Waals surface area contributed by atoms with Gasteiger partial charge in [0.05, 0.1) is 12.7 Å². The number of ether oxygens (including phenoxy) is 1. The van der Waals surface area contributed by atoms with Crippen LogP contribution in [-0.2, 0) is 11.3 Å². The van der Waals surface area contributed by atoms with Crippen molar-refractivity contribution in [3.05, 3.63) is 35.1 Å². The summed E-state index contributed by atoms with van der Waals surface area (Å²) in [7, 11) is 0. The minimum atomic E-state index is -0.373. The van der Waals surface area contributed by atoms with E-state index in [1.807, 2.05) is 6.92 Å². The van der Waals surface area contributed by atoms with E-state index in [-0.39, 0.29) is 29.1 Å². The maximum Gasteiger partial charge on any atom is 0.138 e. The van der Waals surface area contributed by atoms with Crippen molar-refractivity contribution in [3.8, 4) is 0 Å². The molecule has 2 nitrogen and oxygen atoms in total. The van der Waals surface area contributed by atoms with Crippen LogP contribution in [0.3, 0.4) is 0 Å². The number of hydrogen-bond donors (Lipinski definition) is 1. The molecule has 0 aliphatic carbocycles. The molecule has 0 aliphatic rings. The molecule has 0 aliphatic heterocycles. The quantitative estimate of drug-likeness (QED) is 0.804. The highest BCUT2D eigenvalue weighted by Gasteiger charge is 2.12. The first-order valence-electron chi connectivity index (χ1n) is 6.10. The highest BCUT2D eigenvalue weighted by atomic mass is 32.1. The Balaban J connectivity index is 2.68. The molecular weight excluding hydrogens is 249 g/mol. The Morgan fingerprint density at radius 3 is 2.61 bits per heavy atom. The van der Waals surface area contributed by atoms with Crippen molar-refractivity contribution in [2.24, 2.45) is 11.7 Å². The normalized spacial score (nSPS) is 12.7. The Morgan fingerprint density at radius 2 is 2.06 bits per heavy atom. The summed E-state index contributed by atoms with van der Waals surface area (Å²) in [5.41, 5.74) is 6.23. The zero-order valence-corrected chi connectivity index (χ0v) is 11.9. The first-order chi connectivity index (χ1) is 8.41. The fourth-order valence-corrected chi connectivity index (χ4v) is 2.00. The Morgan fingerprint density at radius 1 is 1.39 bits per heavy atom. The first-order valence-corrected chi connectivity index (χ1v) is 6.51. The van der Waals surface area contributed by atoms with Crippen LogP contribution in [0.5, 0.6) is 0 Å². The summed E-state index contributed by atoms with van der Waals surface area (Å²) in [6, 6.07) is 5.02. The largest absolute Gasteiger partial charge is 0.389 e. The highest BCUT2D eigenvalue weighted by molar-refractivity contribution is 7.80. The molecule has 18 heavy (non-hydrogen) atoms. The van der Waals surface area contributed by atoms with Gasteiger partial charge in [-0.3, -0.25) is 0 Å². The topological polar surface area (TPSA) is 35.2 Å². The van der Waals surface area contributed by atoms with Gasteiger partial charge >= 0.3 is 0 Å². The lowest BCUT2D eigenvalue weighted by Crippen LogP contribution is -2.15. The average molecular weight is 269 g/mol. The van der Waals surface area contributed by atoms with Crippen LogP contribution in [0, 0.1) is 11.7 Å². The Hall–Kier alpha value is -1.00. The van der Waals surface area contributed by atoms with E-state index in [1.165, 1.54) is 0 Å². The van der Waals surface area contributed by atoms with E-state index in [0.717, 1.165) is 6.42 Å². The molecule has 0 saturated carbocycles. The molecule has 0 saturated heterocycles. The second-order valence-corrected chi connectivity index (χ2v) is 5.33. The van der Waals surface area contributed by atoms with Gasteiger partial charge in [-0.1, -0.05) is 38.2 Å². The van der Waals surface area contributed by atoms with Crippen LogP contribution in [-0.4, -0.2) is 11.1 Å². The van der Waals surface area contributed by atoms with Gasteiger partial charge in [0.25, 0.3) is 0 Å². The van der Waals surface area contributed by atoms with E-state index < -0.39 is 0 Å². The molecule has 1 aromatic rings. The average Bonchev–Trinajstić information content (AvgIpc) is 2.26. The van der Waals surface area contributed by atoms with Crippen molar-refractivity contribution in [2.45, 2.75) is 39.9 Å². The molecule has 0 spiro atoms. The molecule has 100 valence electrons. The van der Waals surface area contributed by atoms with Gasteiger partial charge in [0, 0.05) is 11.1 Å². The summed E-state index contributed by atoms with van der Waals surface area (Å²) in [4.78, 5) is 0.0737. The third-order valence-electron chi connectivity index (χ3n) is 2.67. The number of benzene rings is 1. The number of rotatable bonds is 6. The third-order valence-corrected chi connectivity index (χ3v) is 2.89. The second-order valence-electron chi connectivity index (χ2n) is 4.89. The van der Waals surface area contributed by atoms with Gasteiger partial charge in [0.1, 0.15) is 10.8 Å². The summed E-state index contributed by atoms with van der Waals surface area (Å²) in [6.45, 7) is 6.51. The summed E-state index contributed by atoms with van der Waals surface area (Å²) >= 11 is 4.80. The number of halogens is 1. The molecule has 0 bridgehead atoms. The molecular formula is C14H20FNOS. The minimum Gasteiger partial charge on any atom is -0.389 e. The smallest absolute Gasteiger partial charge is 0.138 e. The molecule has 4 heteroatoms. The molecule has 0 heterocycles. The van der Waals surface area contributed by atoms with Crippen LogP contribution < -0.4 is 5.73 Å². The maximum atomic E-state index is 14.0. The molecule has 0 fully saturated rings. The summed E-state index contributed by atoms with van der Waals surface area (Å²) in [5, 5.41) is 0. The van der Waals surface area contributed by atoms with Crippen molar-refractivity contribution < 1.29 is 9.13 Å². The molecule has 0 amide bonds. The van der Waals surface area contributed by atoms with Crippen molar-refractivity contribution in [1.29, 1.82) is 0 Å². The van der Waals surface area contributed by atoms with Gasteiger partial charge in [0.2, 0.25) is 0 Å².